The molecule has 0 bridgehead atoms. The number of esters is 2. The van der Waals surface area contributed by atoms with Crippen LogP contribution in [0.15, 0.2) is 24.8 Å². The van der Waals surface area contributed by atoms with Crippen LogP contribution in [0.3, 0.4) is 0 Å². The van der Waals surface area contributed by atoms with Crippen molar-refractivity contribution in [2.24, 2.45) is 29.6 Å². The van der Waals surface area contributed by atoms with E-state index in [2.05, 4.69) is 6.58 Å². The van der Waals surface area contributed by atoms with E-state index >= 15 is 0 Å². The van der Waals surface area contributed by atoms with Gasteiger partial charge in [-0.05, 0) is 18.3 Å². The summed E-state index contributed by atoms with van der Waals surface area (Å²) >= 11 is 0. The molecule has 124 valence electrons. The van der Waals surface area contributed by atoms with Crippen LogP contribution < -0.4 is 0 Å². The number of ether oxygens (including phenoxy) is 2. The van der Waals surface area contributed by atoms with Crippen LogP contribution in [0.5, 0.6) is 0 Å². The standard InChI is InChI=1S/C18H28O4/c1-6-14-8-7-9-15(17(19)21-10-12(2)3)16(14)18(20)22-11-13(4)5/h6-8,12-16H,1,9-11H2,2-5H3. The molecule has 1 aliphatic carbocycles. The molecule has 3 atom stereocenters. The van der Waals surface area contributed by atoms with Gasteiger partial charge in [0.15, 0.2) is 0 Å². The predicted molar refractivity (Wildman–Crippen MR) is 86.0 cm³/mol. The molecule has 4 nitrogen and oxygen atoms in total. The minimum atomic E-state index is -0.541. The fraction of sp³-hybridized carbons (Fsp3) is 0.667. The Morgan fingerprint density at radius 3 is 2.18 bits per heavy atom. The summed E-state index contributed by atoms with van der Waals surface area (Å²) < 4.78 is 10.7. The number of hydrogen-bond acceptors (Lipinski definition) is 4. The SMILES string of the molecule is C=CC1C=CCC(C(=O)OCC(C)C)C1C(=O)OCC(C)C. The number of allylic oxidation sites excluding steroid dienone is 3. The molecule has 0 aromatic carbocycles. The van der Waals surface area contributed by atoms with Gasteiger partial charge in [-0.1, -0.05) is 45.9 Å². The van der Waals surface area contributed by atoms with Gasteiger partial charge < -0.3 is 9.47 Å². The van der Waals surface area contributed by atoms with E-state index in [9.17, 15) is 9.59 Å². The Morgan fingerprint density at radius 2 is 1.68 bits per heavy atom. The van der Waals surface area contributed by atoms with E-state index in [0.717, 1.165) is 0 Å². The monoisotopic (exact) mass is 308 g/mol. The summed E-state index contributed by atoms with van der Waals surface area (Å²) in [6.45, 7) is 12.4. The molecule has 0 radical (unpaired) electrons. The van der Waals surface area contributed by atoms with Crippen LogP contribution in [0, 0.1) is 29.6 Å². The van der Waals surface area contributed by atoms with E-state index in [0.29, 0.717) is 19.6 Å². The van der Waals surface area contributed by atoms with Crippen molar-refractivity contribution in [3.05, 3.63) is 24.8 Å². The van der Waals surface area contributed by atoms with Gasteiger partial charge in [-0.2, -0.15) is 0 Å². The van der Waals surface area contributed by atoms with Gasteiger partial charge in [-0.3, -0.25) is 9.59 Å². The summed E-state index contributed by atoms with van der Waals surface area (Å²) in [6, 6.07) is 0. The second-order valence-corrected chi connectivity index (χ2v) is 6.66. The van der Waals surface area contributed by atoms with Crippen molar-refractivity contribution in [3.63, 3.8) is 0 Å². The summed E-state index contributed by atoms with van der Waals surface area (Å²) in [4.78, 5) is 24.7. The summed E-state index contributed by atoms with van der Waals surface area (Å²) in [6.07, 6.45) is 6.03. The Balaban J connectivity index is 2.83. The lowest BCUT2D eigenvalue weighted by molar-refractivity contribution is -0.163. The highest BCUT2D eigenvalue weighted by Crippen LogP contribution is 2.33. The first-order chi connectivity index (χ1) is 10.4. The van der Waals surface area contributed by atoms with Gasteiger partial charge in [0.05, 0.1) is 25.0 Å². The molecule has 3 unspecified atom stereocenters. The minimum Gasteiger partial charge on any atom is -0.465 e. The highest BCUT2D eigenvalue weighted by molar-refractivity contribution is 5.83. The Labute approximate surface area is 133 Å². The first-order valence-electron chi connectivity index (χ1n) is 7.99. The molecular formula is C18H28O4. The molecule has 0 heterocycles. The first-order valence-corrected chi connectivity index (χ1v) is 7.99. The van der Waals surface area contributed by atoms with Crippen LogP contribution in [0.4, 0.5) is 0 Å². The van der Waals surface area contributed by atoms with E-state index in [4.69, 9.17) is 9.47 Å². The Morgan fingerprint density at radius 1 is 1.14 bits per heavy atom. The average Bonchev–Trinajstić information content (AvgIpc) is 2.49. The number of carbonyl (C=O) groups is 2. The van der Waals surface area contributed by atoms with Gasteiger partial charge in [0.2, 0.25) is 0 Å². The number of carbonyl (C=O) groups excluding carboxylic acids is 2. The summed E-state index contributed by atoms with van der Waals surface area (Å²) in [5.74, 6) is -1.36. The summed E-state index contributed by atoms with van der Waals surface area (Å²) in [5, 5.41) is 0. The molecule has 1 aliphatic rings. The van der Waals surface area contributed by atoms with E-state index in [1.54, 1.807) is 6.08 Å². The van der Waals surface area contributed by atoms with Crippen LogP contribution in [0.1, 0.15) is 34.1 Å². The molecule has 1 rings (SSSR count). The van der Waals surface area contributed by atoms with Crippen molar-refractivity contribution in [3.8, 4) is 0 Å². The van der Waals surface area contributed by atoms with Crippen molar-refractivity contribution in [2.75, 3.05) is 13.2 Å². The molecule has 0 N–H and O–H groups in total. The number of rotatable bonds is 7. The smallest absolute Gasteiger partial charge is 0.310 e. The van der Waals surface area contributed by atoms with E-state index in [1.807, 2.05) is 39.8 Å². The molecule has 0 aromatic heterocycles. The third-order valence-electron chi connectivity index (χ3n) is 3.56. The van der Waals surface area contributed by atoms with Crippen LogP contribution in [-0.2, 0) is 19.1 Å². The quantitative estimate of drug-likeness (QED) is 0.534. The second kappa shape index (κ2) is 8.76. The van der Waals surface area contributed by atoms with Crippen LogP contribution >= 0.6 is 0 Å². The molecule has 0 amide bonds. The molecule has 0 aromatic rings. The highest BCUT2D eigenvalue weighted by Gasteiger charge is 2.41. The van der Waals surface area contributed by atoms with Crippen molar-refractivity contribution >= 4 is 11.9 Å². The maximum absolute atomic E-state index is 12.4. The topological polar surface area (TPSA) is 52.6 Å². The summed E-state index contributed by atoms with van der Waals surface area (Å²) in [5.41, 5.74) is 0. The Hall–Kier alpha value is -1.58. The lowest BCUT2D eigenvalue weighted by Gasteiger charge is -2.30. The largest absolute Gasteiger partial charge is 0.465 e. The maximum Gasteiger partial charge on any atom is 0.310 e. The van der Waals surface area contributed by atoms with Crippen LogP contribution in [0.2, 0.25) is 0 Å². The third kappa shape index (κ3) is 5.32. The summed E-state index contributed by atoms with van der Waals surface area (Å²) in [7, 11) is 0. The molecule has 0 saturated heterocycles. The molecule has 4 heteroatoms. The Kier molecular flexibility index (Phi) is 7.36. The van der Waals surface area contributed by atoms with Crippen molar-refractivity contribution in [1.82, 2.24) is 0 Å². The predicted octanol–water partition coefficient (Wildman–Crippen LogP) is 3.38. The highest BCUT2D eigenvalue weighted by atomic mass is 16.5. The maximum atomic E-state index is 12.4. The second-order valence-electron chi connectivity index (χ2n) is 6.66. The third-order valence-corrected chi connectivity index (χ3v) is 3.56. The molecule has 0 saturated carbocycles. The van der Waals surface area contributed by atoms with Gasteiger partial charge >= 0.3 is 11.9 Å². The molecular weight excluding hydrogens is 280 g/mol. The van der Waals surface area contributed by atoms with Gasteiger partial charge in [0.25, 0.3) is 0 Å². The zero-order valence-corrected chi connectivity index (χ0v) is 14.1. The molecule has 0 aliphatic heterocycles. The average molecular weight is 308 g/mol. The van der Waals surface area contributed by atoms with Crippen molar-refractivity contribution < 1.29 is 19.1 Å². The van der Waals surface area contributed by atoms with Crippen LogP contribution in [-0.4, -0.2) is 25.2 Å². The lowest BCUT2D eigenvalue weighted by atomic mass is 9.75. The normalized spacial score (nSPS) is 24.4. The molecule has 0 fully saturated rings. The molecule has 0 spiro atoms. The van der Waals surface area contributed by atoms with E-state index in [-0.39, 0.29) is 29.7 Å². The first kappa shape index (κ1) is 18.5. The van der Waals surface area contributed by atoms with Crippen LogP contribution in [0.25, 0.3) is 0 Å². The van der Waals surface area contributed by atoms with Gasteiger partial charge in [0.1, 0.15) is 0 Å². The van der Waals surface area contributed by atoms with Gasteiger partial charge in [-0.25, -0.2) is 0 Å². The lowest BCUT2D eigenvalue weighted by Crippen LogP contribution is -2.38. The van der Waals surface area contributed by atoms with Gasteiger partial charge in [-0.15, -0.1) is 6.58 Å². The number of hydrogen-bond donors (Lipinski definition) is 0. The fourth-order valence-corrected chi connectivity index (χ4v) is 2.41. The van der Waals surface area contributed by atoms with Crippen molar-refractivity contribution in [2.45, 2.75) is 34.1 Å². The van der Waals surface area contributed by atoms with Crippen molar-refractivity contribution in [1.29, 1.82) is 0 Å². The van der Waals surface area contributed by atoms with E-state index in [1.165, 1.54) is 0 Å². The zero-order valence-electron chi connectivity index (χ0n) is 14.1. The zero-order chi connectivity index (χ0) is 16.7. The molecule has 22 heavy (non-hydrogen) atoms. The van der Waals surface area contributed by atoms with E-state index < -0.39 is 11.8 Å². The van der Waals surface area contributed by atoms with Gasteiger partial charge in [0, 0.05) is 5.92 Å². The Bertz CT molecular complexity index is 423. The fourth-order valence-electron chi connectivity index (χ4n) is 2.41. The minimum absolute atomic E-state index is 0.190.